The SMILES string of the molecule is C[C@@H]1Cc2cc(C(O)=C3C(=O)C(=O)N(c4nnc(SCc5ccccc5F)s4)[C@@H]3c3cccc(OCc4ccccc4)c3)ccc2O1. The number of carbonyl (C=O) groups is 2. The number of amides is 1. The fraction of sp³-hybridized carbons (Fsp3) is 0.167. The number of ether oxygens (including phenoxy) is 2. The van der Waals surface area contributed by atoms with E-state index < -0.39 is 17.7 Å². The van der Waals surface area contributed by atoms with Crippen molar-refractivity contribution in [3.8, 4) is 11.5 Å². The van der Waals surface area contributed by atoms with E-state index in [2.05, 4.69) is 10.2 Å². The number of benzene rings is 4. The Balaban J connectivity index is 1.26. The fourth-order valence-electron chi connectivity index (χ4n) is 5.70. The number of ketones is 1. The van der Waals surface area contributed by atoms with E-state index in [0.29, 0.717) is 45.6 Å². The van der Waals surface area contributed by atoms with Crippen molar-refractivity contribution in [2.75, 3.05) is 4.90 Å². The number of aliphatic hydroxyl groups is 1. The lowest BCUT2D eigenvalue weighted by atomic mass is 9.94. The lowest BCUT2D eigenvalue weighted by Gasteiger charge is -2.23. The van der Waals surface area contributed by atoms with E-state index in [1.807, 2.05) is 37.3 Å². The molecule has 0 saturated carbocycles. The number of aromatic nitrogens is 2. The van der Waals surface area contributed by atoms with Gasteiger partial charge in [-0.25, -0.2) is 4.39 Å². The highest BCUT2D eigenvalue weighted by molar-refractivity contribution is 8.00. The van der Waals surface area contributed by atoms with Gasteiger partial charge in [0.15, 0.2) is 4.34 Å². The standard InChI is InChI=1S/C36H28FN3O5S2/c1-21-16-26-17-24(14-15-29(26)45-21)32(41)30-31(23-11-7-12-27(18-23)44-19-22-8-3-2-4-9-22)40(34(43)33(30)42)35-38-39-36(47-35)46-20-25-10-5-6-13-28(25)37/h2-15,17-18,21,31,41H,16,19-20H2,1H3/t21-,31-/m1/s1. The van der Waals surface area contributed by atoms with Crippen molar-refractivity contribution in [2.45, 2.75) is 42.2 Å². The maximum atomic E-state index is 14.2. The highest BCUT2D eigenvalue weighted by Gasteiger charge is 2.48. The number of aliphatic hydroxyl groups excluding tert-OH is 1. The molecule has 0 bridgehead atoms. The van der Waals surface area contributed by atoms with E-state index in [4.69, 9.17) is 9.47 Å². The molecule has 4 aromatic carbocycles. The predicted molar refractivity (Wildman–Crippen MR) is 178 cm³/mol. The maximum absolute atomic E-state index is 14.2. The van der Waals surface area contributed by atoms with Gasteiger partial charge in [-0.15, -0.1) is 10.2 Å². The largest absolute Gasteiger partial charge is 0.507 e. The molecule has 3 heterocycles. The number of nitrogens with zero attached hydrogens (tertiary/aromatic N) is 3. The molecule has 0 radical (unpaired) electrons. The number of anilines is 1. The third kappa shape index (κ3) is 6.24. The second kappa shape index (κ2) is 13.0. The third-order valence-electron chi connectivity index (χ3n) is 7.95. The number of hydrogen-bond donors (Lipinski definition) is 1. The second-order valence-electron chi connectivity index (χ2n) is 11.2. The summed E-state index contributed by atoms with van der Waals surface area (Å²) < 4.78 is 26.6. The quantitative estimate of drug-likeness (QED) is 0.0568. The van der Waals surface area contributed by atoms with E-state index >= 15 is 0 Å². The van der Waals surface area contributed by atoms with Crippen molar-refractivity contribution in [3.05, 3.63) is 136 Å². The number of carbonyl (C=O) groups excluding carboxylic acids is 2. The first-order chi connectivity index (χ1) is 22.9. The van der Waals surface area contributed by atoms with Crippen LogP contribution < -0.4 is 14.4 Å². The van der Waals surface area contributed by atoms with Gasteiger partial charge in [-0.1, -0.05) is 83.8 Å². The number of Topliss-reactive ketones (excluding diaryl/α,β-unsaturated/α-hetero) is 1. The summed E-state index contributed by atoms with van der Waals surface area (Å²) in [5.74, 6) is -0.742. The van der Waals surface area contributed by atoms with Gasteiger partial charge in [0.05, 0.1) is 11.6 Å². The monoisotopic (exact) mass is 665 g/mol. The average Bonchev–Trinajstić information content (AvgIpc) is 3.78. The molecule has 7 rings (SSSR count). The first kappa shape index (κ1) is 30.6. The Kier molecular flexibility index (Phi) is 8.48. The second-order valence-corrected chi connectivity index (χ2v) is 13.4. The van der Waals surface area contributed by atoms with E-state index in [1.165, 1.54) is 22.7 Å². The van der Waals surface area contributed by atoms with Gasteiger partial charge in [0.2, 0.25) is 5.13 Å². The van der Waals surface area contributed by atoms with Gasteiger partial charge in [0.1, 0.15) is 35.8 Å². The van der Waals surface area contributed by atoms with Gasteiger partial charge < -0.3 is 14.6 Å². The number of halogens is 1. The topological polar surface area (TPSA) is 102 Å². The molecule has 1 fully saturated rings. The summed E-state index contributed by atoms with van der Waals surface area (Å²) in [4.78, 5) is 28.8. The van der Waals surface area contributed by atoms with Crippen LogP contribution >= 0.6 is 23.1 Å². The zero-order chi connectivity index (χ0) is 32.5. The molecule has 11 heteroatoms. The Bertz CT molecular complexity index is 2010. The molecule has 2 aliphatic heterocycles. The molecule has 2 aliphatic rings. The lowest BCUT2D eigenvalue weighted by molar-refractivity contribution is -0.132. The van der Waals surface area contributed by atoms with Crippen molar-refractivity contribution in [1.29, 1.82) is 0 Å². The van der Waals surface area contributed by atoms with Crippen LogP contribution in [0, 0.1) is 5.82 Å². The van der Waals surface area contributed by atoms with Crippen LogP contribution in [0.15, 0.2) is 107 Å². The van der Waals surface area contributed by atoms with Crippen LogP contribution in [0.25, 0.3) is 5.76 Å². The average molecular weight is 666 g/mol. The van der Waals surface area contributed by atoms with Crippen LogP contribution in [0.1, 0.15) is 40.8 Å². The van der Waals surface area contributed by atoms with Crippen LogP contribution in [-0.2, 0) is 28.4 Å². The molecule has 1 N–H and O–H groups in total. The molecule has 1 saturated heterocycles. The van der Waals surface area contributed by atoms with Crippen LogP contribution in [0.2, 0.25) is 0 Å². The van der Waals surface area contributed by atoms with E-state index in [-0.39, 0.29) is 28.4 Å². The maximum Gasteiger partial charge on any atom is 0.301 e. The van der Waals surface area contributed by atoms with Crippen molar-refractivity contribution in [2.24, 2.45) is 0 Å². The van der Waals surface area contributed by atoms with Gasteiger partial charge in [-0.2, -0.15) is 0 Å². The van der Waals surface area contributed by atoms with E-state index in [0.717, 1.165) is 28.2 Å². The van der Waals surface area contributed by atoms with Crippen LogP contribution in [-0.4, -0.2) is 33.1 Å². The Hall–Kier alpha value is -5.00. The molecule has 2 atom stereocenters. The molecule has 0 aliphatic carbocycles. The van der Waals surface area contributed by atoms with Gasteiger partial charge in [0, 0.05) is 17.7 Å². The summed E-state index contributed by atoms with van der Waals surface area (Å²) in [5, 5.41) is 20.4. The molecule has 236 valence electrons. The first-order valence-corrected chi connectivity index (χ1v) is 16.7. The summed E-state index contributed by atoms with van der Waals surface area (Å²) in [6, 6.07) is 27.5. The molecule has 1 aromatic heterocycles. The summed E-state index contributed by atoms with van der Waals surface area (Å²) in [6.07, 6.45) is 0.655. The summed E-state index contributed by atoms with van der Waals surface area (Å²) >= 11 is 2.39. The van der Waals surface area contributed by atoms with Gasteiger partial charge >= 0.3 is 5.91 Å². The van der Waals surface area contributed by atoms with E-state index in [1.54, 1.807) is 60.7 Å². The third-order valence-corrected chi connectivity index (χ3v) is 10.1. The molecule has 0 spiro atoms. The van der Waals surface area contributed by atoms with E-state index in [9.17, 15) is 19.1 Å². The lowest BCUT2D eigenvalue weighted by Crippen LogP contribution is -2.29. The smallest absolute Gasteiger partial charge is 0.301 e. The van der Waals surface area contributed by atoms with Crippen LogP contribution in [0.4, 0.5) is 9.52 Å². The Labute approximate surface area is 278 Å². The van der Waals surface area contributed by atoms with Crippen LogP contribution in [0.5, 0.6) is 11.5 Å². The van der Waals surface area contributed by atoms with Gasteiger partial charge in [-0.05, 0) is 65.6 Å². The highest BCUT2D eigenvalue weighted by atomic mass is 32.2. The highest BCUT2D eigenvalue weighted by Crippen LogP contribution is 2.45. The zero-order valence-electron chi connectivity index (χ0n) is 25.1. The normalized spacial score (nSPS) is 18.3. The molecule has 8 nitrogen and oxygen atoms in total. The fourth-order valence-corrected chi connectivity index (χ4v) is 7.55. The Morgan fingerprint density at radius 1 is 1.02 bits per heavy atom. The molecule has 5 aromatic rings. The predicted octanol–water partition coefficient (Wildman–Crippen LogP) is 7.50. The number of hydrogen-bond acceptors (Lipinski definition) is 9. The molecule has 0 unspecified atom stereocenters. The summed E-state index contributed by atoms with van der Waals surface area (Å²) in [7, 11) is 0. The minimum atomic E-state index is -1.02. The number of fused-ring (bicyclic) bond motifs is 1. The Morgan fingerprint density at radius 2 is 1.83 bits per heavy atom. The van der Waals surface area contributed by atoms with Crippen molar-refractivity contribution in [1.82, 2.24) is 10.2 Å². The van der Waals surface area contributed by atoms with Crippen molar-refractivity contribution < 1.29 is 28.6 Å². The van der Waals surface area contributed by atoms with Gasteiger partial charge in [0.25, 0.3) is 5.78 Å². The molecule has 1 amide bonds. The Morgan fingerprint density at radius 3 is 2.66 bits per heavy atom. The van der Waals surface area contributed by atoms with Crippen molar-refractivity contribution >= 4 is 45.7 Å². The zero-order valence-corrected chi connectivity index (χ0v) is 26.8. The van der Waals surface area contributed by atoms with Gasteiger partial charge in [-0.3, -0.25) is 14.5 Å². The summed E-state index contributed by atoms with van der Waals surface area (Å²) in [5.41, 5.74) is 3.27. The summed E-state index contributed by atoms with van der Waals surface area (Å²) in [6.45, 7) is 2.28. The minimum absolute atomic E-state index is 0.00514. The number of rotatable bonds is 9. The van der Waals surface area contributed by atoms with Crippen LogP contribution in [0.3, 0.4) is 0 Å². The first-order valence-electron chi connectivity index (χ1n) is 14.9. The molecular weight excluding hydrogens is 638 g/mol. The molecular formula is C36H28FN3O5S2. The minimum Gasteiger partial charge on any atom is -0.507 e. The van der Waals surface area contributed by atoms with Crippen molar-refractivity contribution in [3.63, 3.8) is 0 Å². The molecule has 47 heavy (non-hydrogen) atoms. The number of thioether (sulfide) groups is 1.